The Bertz CT molecular complexity index is 726. The fourth-order valence-corrected chi connectivity index (χ4v) is 2.53. The quantitative estimate of drug-likeness (QED) is 0.637. The highest BCUT2D eigenvalue weighted by Crippen LogP contribution is 2.15. The van der Waals surface area contributed by atoms with E-state index in [1.165, 1.54) is 0 Å². The minimum atomic E-state index is -0.162. The first kappa shape index (κ1) is 19.7. The van der Waals surface area contributed by atoms with Gasteiger partial charge in [-0.2, -0.15) is 0 Å². The minimum absolute atomic E-state index is 0.0518. The van der Waals surface area contributed by atoms with Crippen LogP contribution in [-0.4, -0.2) is 24.8 Å². The molecular formula is C21H26N2O3. The third-order valence-corrected chi connectivity index (χ3v) is 3.86. The number of carbonyl (C=O) groups is 2. The third kappa shape index (κ3) is 6.33. The molecule has 2 rings (SSSR count). The predicted octanol–water partition coefficient (Wildman–Crippen LogP) is 3.80. The van der Waals surface area contributed by atoms with Crippen molar-refractivity contribution in [2.24, 2.45) is 0 Å². The van der Waals surface area contributed by atoms with E-state index in [2.05, 4.69) is 10.6 Å². The Kier molecular flexibility index (Phi) is 7.83. The van der Waals surface area contributed by atoms with Crippen molar-refractivity contribution in [2.45, 2.75) is 33.2 Å². The van der Waals surface area contributed by atoms with Gasteiger partial charge in [-0.05, 0) is 55.4 Å². The van der Waals surface area contributed by atoms with Crippen LogP contribution in [0.15, 0.2) is 48.5 Å². The van der Waals surface area contributed by atoms with Crippen LogP contribution in [0.25, 0.3) is 0 Å². The summed E-state index contributed by atoms with van der Waals surface area (Å²) in [6.07, 6.45) is 0.334. The van der Waals surface area contributed by atoms with Gasteiger partial charge in [0.2, 0.25) is 5.91 Å². The summed E-state index contributed by atoms with van der Waals surface area (Å²) in [4.78, 5) is 24.3. The highest BCUT2D eigenvalue weighted by molar-refractivity contribution is 6.00. The van der Waals surface area contributed by atoms with Crippen molar-refractivity contribution in [1.29, 1.82) is 0 Å². The molecule has 2 N–H and O–H groups in total. The maximum atomic E-state index is 12.2. The van der Waals surface area contributed by atoms with E-state index in [0.717, 1.165) is 30.1 Å². The molecule has 138 valence electrons. The second-order valence-electron chi connectivity index (χ2n) is 5.91. The van der Waals surface area contributed by atoms with Crippen molar-refractivity contribution < 1.29 is 14.3 Å². The molecule has 0 spiro atoms. The Morgan fingerprint density at radius 2 is 1.77 bits per heavy atom. The molecule has 2 aromatic carbocycles. The molecule has 0 saturated heterocycles. The molecule has 0 heterocycles. The Morgan fingerprint density at radius 1 is 1.00 bits per heavy atom. The van der Waals surface area contributed by atoms with Crippen LogP contribution in [0.5, 0.6) is 5.75 Å². The number of hydrogen-bond donors (Lipinski definition) is 2. The van der Waals surface area contributed by atoms with Crippen LogP contribution in [0.3, 0.4) is 0 Å². The van der Waals surface area contributed by atoms with Crippen LogP contribution in [0.4, 0.5) is 5.69 Å². The summed E-state index contributed by atoms with van der Waals surface area (Å²) in [5.41, 5.74) is 2.45. The van der Waals surface area contributed by atoms with Crippen molar-refractivity contribution in [3.05, 3.63) is 59.7 Å². The maximum Gasteiger partial charge on any atom is 0.224 e. The van der Waals surface area contributed by atoms with E-state index < -0.39 is 0 Å². The highest BCUT2D eigenvalue weighted by Gasteiger charge is 2.10. The van der Waals surface area contributed by atoms with Crippen molar-refractivity contribution in [2.75, 3.05) is 18.5 Å². The largest absolute Gasteiger partial charge is 0.494 e. The lowest BCUT2D eigenvalue weighted by Crippen LogP contribution is -2.15. The molecule has 5 heteroatoms. The molecular weight excluding hydrogens is 328 g/mol. The monoisotopic (exact) mass is 354 g/mol. The molecule has 0 aliphatic rings. The maximum absolute atomic E-state index is 12.2. The predicted molar refractivity (Wildman–Crippen MR) is 104 cm³/mol. The summed E-state index contributed by atoms with van der Waals surface area (Å²) in [6, 6.07) is 14.7. The van der Waals surface area contributed by atoms with Gasteiger partial charge in [0.15, 0.2) is 5.78 Å². The summed E-state index contributed by atoms with van der Waals surface area (Å²) in [6.45, 7) is 6.20. The molecule has 0 unspecified atom stereocenters. The number of nitrogens with one attached hydrogen (secondary N) is 2. The van der Waals surface area contributed by atoms with Crippen molar-refractivity contribution in [3.8, 4) is 5.75 Å². The Hall–Kier alpha value is -2.66. The molecule has 2 aromatic rings. The molecule has 0 aliphatic heterocycles. The molecule has 26 heavy (non-hydrogen) atoms. The lowest BCUT2D eigenvalue weighted by atomic mass is 10.1. The number of benzene rings is 2. The van der Waals surface area contributed by atoms with Crippen LogP contribution in [-0.2, 0) is 11.3 Å². The van der Waals surface area contributed by atoms with Gasteiger partial charge in [-0.1, -0.05) is 19.1 Å². The summed E-state index contributed by atoms with van der Waals surface area (Å²) in [5.74, 6) is 0.521. The van der Waals surface area contributed by atoms with Crippen molar-refractivity contribution in [3.63, 3.8) is 0 Å². The molecule has 0 bridgehead atoms. The number of amides is 1. The first-order valence-corrected chi connectivity index (χ1v) is 8.98. The van der Waals surface area contributed by atoms with Gasteiger partial charge in [-0.15, -0.1) is 0 Å². The average Bonchev–Trinajstić information content (AvgIpc) is 2.65. The van der Waals surface area contributed by atoms with Crippen LogP contribution < -0.4 is 15.4 Å². The second kappa shape index (κ2) is 10.4. The van der Waals surface area contributed by atoms with Gasteiger partial charge in [0, 0.05) is 30.6 Å². The molecule has 0 radical (unpaired) electrons. The number of carbonyl (C=O) groups excluding carboxylic acids is 2. The lowest BCUT2D eigenvalue weighted by molar-refractivity contribution is -0.116. The summed E-state index contributed by atoms with van der Waals surface area (Å²) < 4.78 is 5.36. The molecule has 0 fully saturated rings. The zero-order chi connectivity index (χ0) is 18.8. The zero-order valence-electron chi connectivity index (χ0n) is 15.4. The molecule has 5 nitrogen and oxygen atoms in total. The first-order valence-electron chi connectivity index (χ1n) is 8.98. The first-order chi connectivity index (χ1) is 12.6. The SMILES string of the molecule is CCNCc1cccc(NC(=O)CCC(=O)c2ccc(OCC)cc2)c1. The summed E-state index contributed by atoms with van der Waals surface area (Å²) in [5, 5.41) is 6.10. The molecule has 0 aliphatic carbocycles. The standard InChI is InChI=1S/C21H26N2O3/c1-3-22-15-16-6-5-7-18(14-16)23-21(25)13-12-20(24)17-8-10-19(11-9-17)26-4-2/h5-11,14,22H,3-4,12-13,15H2,1-2H3,(H,23,25). The number of anilines is 1. The van der Waals surface area contributed by atoms with Crippen molar-refractivity contribution in [1.82, 2.24) is 5.32 Å². The Morgan fingerprint density at radius 3 is 2.46 bits per heavy atom. The van der Waals surface area contributed by atoms with Gasteiger partial charge in [-0.25, -0.2) is 0 Å². The normalized spacial score (nSPS) is 10.4. The minimum Gasteiger partial charge on any atom is -0.494 e. The van der Waals surface area contributed by atoms with Gasteiger partial charge in [0.25, 0.3) is 0 Å². The van der Waals surface area contributed by atoms with E-state index in [1.807, 2.05) is 38.1 Å². The van der Waals surface area contributed by atoms with E-state index in [-0.39, 0.29) is 24.5 Å². The van der Waals surface area contributed by atoms with Crippen molar-refractivity contribution >= 4 is 17.4 Å². The smallest absolute Gasteiger partial charge is 0.224 e. The van der Waals surface area contributed by atoms with Gasteiger partial charge in [0.1, 0.15) is 5.75 Å². The van der Waals surface area contributed by atoms with Crippen LogP contribution in [0.2, 0.25) is 0 Å². The topological polar surface area (TPSA) is 67.4 Å². The molecule has 0 aromatic heterocycles. The fraction of sp³-hybridized carbons (Fsp3) is 0.333. The van der Waals surface area contributed by atoms with Gasteiger partial charge >= 0.3 is 0 Å². The van der Waals surface area contributed by atoms with E-state index >= 15 is 0 Å². The number of Topliss-reactive ketones (excluding diaryl/α,β-unsaturated/α-hetero) is 1. The van der Waals surface area contributed by atoms with Gasteiger partial charge < -0.3 is 15.4 Å². The molecule has 1 amide bonds. The highest BCUT2D eigenvalue weighted by atomic mass is 16.5. The van der Waals surface area contributed by atoms with E-state index in [4.69, 9.17) is 4.74 Å². The van der Waals surface area contributed by atoms with Gasteiger partial charge in [0.05, 0.1) is 6.61 Å². The van der Waals surface area contributed by atoms with Crippen LogP contribution >= 0.6 is 0 Å². The number of hydrogen-bond acceptors (Lipinski definition) is 4. The number of ketones is 1. The summed E-state index contributed by atoms with van der Waals surface area (Å²) in [7, 11) is 0. The Labute approximate surface area is 154 Å². The fourth-order valence-electron chi connectivity index (χ4n) is 2.53. The molecule has 0 saturated carbocycles. The molecule has 0 atom stereocenters. The van der Waals surface area contributed by atoms with Crippen LogP contribution in [0.1, 0.15) is 42.6 Å². The van der Waals surface area contributed by atoms with Crippen LogP contribution in [0, 0.1) is 0 Å². The summed E-state index contributed by atoms with van der Waals surface area (Å²) >= 11 is 0. The number of rotatable bonds is 10. The van der Waals surface area contributed by atoms with Gasteiger partial charge in [-0.3, -0.25) is 9.59 Å². The average molecular weight is 354 g/mol. The van der Waals surface area contributed by atoms with E-state index in [9.17, 15) is 9.59 Å². The second-order valence-corrected chi connectivity index (χ2v) is 5.91. The van der Waals surface area contributed by atoms with E-state index in [0.29, 0.717) is 12.2 Å². The zero-order valence-corrected chi connectivity index (χ0v) is 15.4. The Balaban J connectivity index is 1.83. The lowest BCUT2D eigenvalue weighted by Gasteiger charge is -2.08. The number of ether oxygens (including phenoxy) is 1. The van der Waals surface area contributed by atoms with E-state index in [1.54, 1.807) is 24.3 Å². The third-order valence-electron chi connectivity index (χ3n) is 3.86.